The molecule has 1 rings (SSSR count). The first-order valence-electron chi connectivity index (χ1n) is 7.20. The van der Waals surface area contributed by atoms with Crippen molar-refractivity contribution in [2.45, 2.75) is 72.1 Å². The Hall–Kier alpha value is -0.0400. The van der Waals surface area contributed by atoms with Crippen LogP contribution >= 0.6 is 0 Å². The lowest BCUT2D eigenvalue weighted by Crippen LogP contribution is -2.23. The van der Waals surface area contributed by atoms with Gasteiger partial charge in [-0.3, -0.25) is 0 Å². The first-order chi connectivity index (χ1) is 7.75. The van der Waals surface area contributed by atoms with Crippen LogP contribution in [0, 0.1) is 17.8 Å². The van der Waals surface area contributed by atoms with Crippen LogP contribution in [0.25, 0.3) is 0 Å². The highest BCUT2D eigenvalue weighted by Gasteiger charge is 2.25. The highest BCUT2D eigenvalue weighted by atomic mass is 16.2. The lowest BCUT2D eigenvalue weighted by atomic mass is 9.72. The van der Waals surface area contributed by atoms with E-state index in [4.69, 9.17) is 5.11 Å². The highest BCUT2D eigenvalue weighted by molar-refractivity contribution is 4.76. The maximum Gasteiger partial charge on any atom is 0.0319 e. The van der Waals surface area contributed by atoms with Gasteiger partial charge in [-0.25, -0.2) is 0 Å². The summed E-state index contributed by atoms with van der Waals surface area (Å²) in [4.78, 5) is 0. The molecule has 1 N–H and O–H groups in total. The van der Waals surface area contributed by atoms with Crippen LogP contribution in [0.5, 0.6) is 0 Å². The first-order valence-corrected chi connectivity index (χ1v) is 7.20. The number of hydrogen-bond donors (Lipinski definition) is 1. The fourth-order valence-corrected chi connectivity index (χ4v) is 3.12. The molecule has 1 nitrogen and oxygen atoms in total. The summed E-state index contributed by atoms with van der Waals surface area (Å²) < 4.78 is 0. The van der Waals surface area contributed by atoms with Crippen LogP contribution in [0.1, 0.15) is 72.1 Å². The normalized spacial score (nSPS) is 26.8. The molecule has 16 heavy (non-hydrogen) atoms. The molecule has 0 aliphatic heterocycles. The number of hydrogen-bond acceptors (Lipinski definition) is 1. The summed E-state index contributed by atoms with van der Waals surface area (Å²) in [5.41, 5.74) is 0. The third-order valence-electron chi connectivity index (χ3n) is 4.17. The average Bonchev–Trinajstić information content (AvgIpc) is 2.32. The molecule has 3 unspecified atom stereocenters. The Morgan fingerprint density at radius 1 is 1.12 bits per heavy atom. The van der Waals surface area contributed by atoms with Gasteiger partial charge in [0, 0.05) is 7.11 Å². The van der Waals surface area contributed by atoms with Crippen LogP contribution in [0.4, 0.5) is 0 Å². The second-order valence-electron chi connectivity index (χ2n) is 5.40. The summed E-state index contributed by atoms with van der Waals surface area (Å²) in [7, 11) is 1.00. The molecule has 0 aromatic heterocycles. The minimum atomic E-state index is 0.983. The molecule has 0 spiro atoms. The maximum absolute atomic E-state index is 7.00. The van der Waals surface area contributed by atoms with Crippen molar-refractivity contribution in [1.29, 1.82) is 0 Å². The summed E-state index contributed by atoms with van der Waals surface area (Å²) in [5, 5.41) is 7.00. The number of aliphatic hydroxyl groups is 1. The van der Waals surface area contributed by atoms with E-state index in [-0.39, 0.29) is 0 Å². The molecule has 0 bridgehead atoms. The number of aliphatic hydroxyl groups excluding tert-OH is 1. The molecule has 3 atom stereocenters. The molecule has 1 aliphatic rings. The fraction of sp³-hybridized carbons (Fsp3) is 1.00. The van der Waals surface area contributed by atoms with Crippen LogP contribution in [0.15, 0.2) is 0 Å². The number of rotatable bonds is 5. The Balaban J connectivity index is 0.00000106. The van der Waals surface area contributed by atoms with Gasteiger partial charge in [-0.15, -0.1) is 0 Å². The lowest BCUT2D eigenvalue weighted by Gasteiger charge is -2.33. The predicted molar refractivity (Wildman–Crippen MR) is 72.6 cm³/mol. The van der Waals surface area contributed by atoms with Crippen molar-refractivity contribution in [2.75, 3.05) is 7.11 Å². The van der Waals surface area contributed by atoms with E-state index in [0.29, 0.717) is 0 Å². The van der Waals surface area contributed by atoms with E-state index in [9.17, 15) is 0 Å². The van der Waals surface area contributed by atoms with Crippen LogP contribution in [0.2, 0.25) is 0 Å². The Kier molecular flexibility index (Phi) is 10.1. The Labute approximate surface area is 103 Å². The topological polar surface area (TPSA) is 20.2 Å². The van der Waals surface area contributed by atoms with Gasteiger partial charge in [0.1, 0.15) is 0 Å². The summed E-state index contributed by atoms with van der Waals surface area (Å²) >= 11 is 0. The molecule has 98 valence electrons. The van der Waals surface area contributed by atoms with Gasteiger partial charge < -0.3 is 5.11 Å². The Bertz CT molecular complexity index is 144. The van der Waals surface area contributed by atoms with Gasteiger partial charge in [-0.2, -0.15) is 0 Å². The van der Waals surface area contributed by atoms with Gasteiger partial charge in [0.2, 0.25) is 0 Å². The smallest absolute Gasteiger partial charge is 0.0319 e. The zero-order valence-electron chi connectivity index (χ0n) is 11.8. The monoisotopic (exact) mass is 228 g/mol. The van der Waals surface area contributed by atoms with Gasteiger partial charge in [-0.05, 0) is 24.2 Å². The molecule has 1 saturated carbocycles. The van der Waals surface area contributed by atoms with Crippen LogP contribution in [-0.2, 0) is 0 Å². The van der Waals surface area contributed by atoms with Gasteiger partial charge in [0.05, 0.1) is 0 Å². The average molecular weight is 228 g/mol. The van der Waals surface area contributed by atoms with Crippen LogP contribution < -0.4 is 0 Å². The van der Waals surface area contributed by atoms with Crippen LogP contribution in [-0.4, -0.2) is 12.2 Å². The Morgan fingerprint density at radius 3 is 2.31 bits per heavy atom. The molecule has 0 aromatic carbocycles. The van der Waals surface area contributed by atoms with Crippen molar-refractivity contribution in [1.82, 2.24) is 0 Å². The van der Waals surface area contributed by atoms with E-state index < -0.39 is 0 Å². The predicted octanol–water partition coefficient (Wildman–Crippen LogP) is 4.64. The second-order valence-corrected chi connectivity index (χ2v) is 5.40. The number of unbranched alkanes of at least 4 members (excludes halogenated alkanes) is 2. The maximum atomic E-state index is 7.00. The molecule has 1 aliphatic carbocycles. The van der Waals surface area contributed by atoms with E-state index in [1.165, 1.54) is 51.4 Å². The van der Waals surface area contributed by atoms with Crippen LogP contribution in [0.3, 0.4) is 0 Å². The van der Waals surface area contributed by atoms with Crippen molar-refractivity contribution in [2.24, 2.45) is 17.8 Å². The third kappa shape index (κ3) is 5.89. The Morgan fingerprint density at radius 2 is 1.75 bits per heavy atom. The van der Waals surface area contributed by atoms with Gasteiger partial charge >= 0.3 is 0 Å². The zero-order chi connectivity index (χ0) is 12.4. The van der Waals surface area contributed by atoms with Gasteiger partial charge in [0.15, 0.2) is 0 Å². The molecule has 0 saturated heterocycles. The first kappa shape index (κ1) is 16.0. The zero-order valence-corrected chi connectivity index (χ0v) is 11.8. The largest absolute Gasteiger partial charge is 0.400 e. The van der Waals surface area contributed by atoms with E-state index in [0.717, 1.165) is 24.9 Å². The second kappa shape index (κ2) is 10.1. The van der Waals surface area contributed by atoms with Gasteiger partial charge in [-0.1, -0.05) is 65.7 Å². The van der Waals surface area contributed by atoms with E-state index in [1.54, 1.807) is 0 Å². The summed E-state index contributed by atoms with van der Waals surface area (Å²) in [6.07, 6.45) is 11.7. The quantitative estimate of drug-likeness (QED) is 0.680. The van der Waals surface area contributed by atoms with Crippen molar-refractivity contribution in [3.63, 3.8) is 0 Å². The molecule has 0 amide bonds. The van der Waals surface area contributed by atoms with Crippen molar-refractivity contribution >= 4 is 0 Å². The molecule has 0 aromatic rings. The summed E-state index contributed by atoms with van der Waals surface area (Å²) in [5.74, 6) is 3.03. The van der Waals surface area contributed by atoms with Crippen molar-refractivity contribution in [3.05, 3.63) is 0 Å². The van der Waals surface area contributed by atoms with Crippen molar-refractivity contribution in [3.8, 4) is 0 Å². The minimum absolute atomic E-state index is 0.983. The molecule has 0 radical (unpaired) electrons. The van der Waals surface area contributed by atoms with E-state index in [1.807, 2.05) is 0 Å². The van der Waals surface area contributed by atoms with Crippen molar-refractivity contribution < 1.29 is 5.11 Å². The molecule has 0 heterocycles. The highest BCUT2D eigenvalue weighted by Crippen LogP contribution is 2.36. The summed E-state index contributed by atoms with van der Waals surface area (Å²) in [6.45, 7) is 7.26. The molecular formula is C15H32O. The third-order valence-corrected chi connectivity index (χ3v) is 4.17. The lowest BCUT2D eigenvalue weighted by molar-refractivity contribution is 0.175. The SMILES string of the molecule is CCCCCC(C)C1CCCCC1C.CO. The summed E-state index contributed by atoms with van der Waals surface area (Å²) in [6, 6.07) is 0. The van der Waals surface area contributed by atoms with E-state index >= 15 is 0 Å². The molecular weight excluding hydrogens is 196 g/mol. The minimum Gasteiger partial charge on any atom is -0.400 e. The van der Waals surface area contributed by atoms with E-state index in [2.05, 4.69) is 20.8 Å². The fourth-order valence-electron chi connectivity index (χ4n) is 3.12. The standard InChI is InChI=1S/C14H28.CH4O/c1-4-5-6-9-12(2)14-11-8-7-10-13(14)3;1-2/h12-14H,4-11H2,1-3H3;2H,1H3. The van der Waals surface area contributed by atoms with Gasteiger partial charge in [0.25, 0.3) is 0 Å². The molecule has 1 fully saturated rings. The molecule has 1 heteroatoms.